The van der Waals surface area contributed by atoms with E-state index in [1.807, 2.05) is 6.92 Å². The van der Waals surface area contributed by atoms with Crippen molar-refractivity contribution in [2.24, 2.45) is 0 Å². The van der Waals surface area contributed by atoms with Crippen molar-refractivity contribution in [1.82, 2.24) is 15.0 Å². The maximum atomic E-state index is 9.48. The highest BCUT2D eigenvalue weighted by Gasteiger charge is 2.07. The van der Waals surface area contributed by atoms with Crippen molar-refractivity contribution < 1.29 is 9.84 Å². The van der Waals surface area contributed by atoms with E-state index in [1.54, 1.807) is 0 Å². The van der Waals surface area contributed by atoms with Crippen molar-refractivity contribution in [3.05, 3.63) is 5.28 Å². The number of ether oxygens (including phenoxy) is 1. The topological polar surface area (TPSA) is 92.2 Å². The Morgan fingerprint density at radius 2 is 1.94 bits per heavy atom. The Morgan fingerprint density at radius 3 is 2.56 bits per heavy atom. The smallest absolute Gasteiger partial charge is 0.228 e. The van der Waals surface area contributed by atoms with E-state index in [4.69, 9.17) is 16.3 Å². The van der Waals surface area contributed by atoms with Crippen LogP contribution >= 0.6 is 11.6 Å². The first-order valence-corrected chi connectivity index (χ1v) is 6.09. The Bertz CT molecular complexity index is 366. The molecule has 0 saturated heterocycles. The number of halogens is 1. The molecule has 0 aromatic carbocycles. The zero-order valence-corrected chi connectivity index (χ0v) is 11.2. The average molecular weight is 276 g/mol. The molecule has 0 aliphatic rings. The summed E-state index contributed by atoms with van der Waals surface area (Å²) in [4.78, 5) is 12.0. The highest BCUT2D eigenvalue weighted by atomic mass is 35.5. The Morgan fingerprint density at radius 1 is 1.28 bits per heavy atom. The van der Waals surface area contributed by atoms with Gasteiger partial charge < -0.3 is 20.5 Å². The van der Waals surface area contributed by atoms with Gasteiger partial charge >= 0.3 is 0 Å². The molecule has 0 amide bonds. The van der Waals surface area contributed by atoms with Crippen LogP contribution in [0.25, 0.3) is 0 Å². The summed E-state index contributed by atoms with van der Waals surface area (Å²) in [6.07, 6.45) is 0.330. The van der Waals surface area contributed by atoms with Crippen molar-refractivity contribution in [2.45, 2.75) is 19.4 Å². The first kappa shape index (κ1) is 14.9. The summed E-state index contributed by atoms with van der Waals surface area (Å²) in [5, 5.41) is 15.5. The predicted octanol–water partition coefficient (Wildman–Crippen LogP) is 0.766. The lowest BCUT2D eigenvalue weighted by molar-refractivity contribution is 0.0726. The molecule has 8 heteroatoms. The molecule has 0 fully saturated rings. The van der Waals surface area contributed by atoms with Crippen LogP contribution in [0, 0.1) is 0 Å². The third kappa shape index (κ3) is 5.44. The van der Waals surface area contributed by atoms with Gasteiger partial charge in [0.25, 0.3) is 0 Å². The van der Waals surface area contributed by atoms with Crippen LogP contribution in [0.3, 0.4) is 0 Å². The summed E-state index contributed by atoms with van der Waals surface area (Å²) in [5.41, 5.74) is 0. The molecule has 1 atom stereocenters. The van der Waals surface area contributed by atoms with Crippen molar-refractivity contribution in [3.8, 4) is 0 Å². The lowest BCUT2D eigenvalue weighted by Gasteiger charge is -2.11. The van der Waals surface area contributed by atoms with Crippen molar-refractivity contribution in [2.75, 3.05) is 37.4 Å². The lowest BCUT2D eigenvalue weighted by Crippen LogP contribution is -2.25. The van der Waals surface area contributed by atoms with E-state index >= 15 is 0 Å². The Balaban J connectivity index is 2.56. The minimum absolute atomic E-state index is 0.104. The number of methoxy groups -OCH3 is 1. The van der Waals surface area contributed by atoms with Crippen LogP contribution in [0.4, 0.5) is 11.9 Å². The van der Waals surface area contributed by atoms with Gasteiger partial charge in [0.15, 0.2) is 0 Å². The molecular formula is C10H18ClN5O2. The molecule has 0 bridgehead atoms. The summed E-state index contributed by atoms with van der Waals surface area (Å²) in [5.74, 6) is 0.740. The van der Waals surface area contributed by atoms with Gasteiger partial charge in [-0.05, 0) is 18.0 Å². The molecule has 0 aliphatic heterocycles. The highest BCUT2D eigenvalue weighted by molar-refractivity contribution is 6.28. The fourth-order valence-electron chi connectivity index (χ4n) is 1.21. The summed E-state index contributed by atoms with van der Waals surface area (Å²) in [7, 11) is 1.52. The summed E-state index contributed by atoms with van der Waals surface area (Å²) < 4.78 is 4.81. The van der Waals surface area contributed by atoms with Crippen molar-refractivity contribution in [3.63, 3.8) is 0 Å². The summed E-state index contributed by atoms with van der Waals surface area (Å²) in [6.45, 7) is 3.32. The second kappa shape index (κ2) is 8.02. The largest absolute Gasteiger partial charge is 0.389 e. The van der Waals surface area contributed by atoms with E-state index in [9.17, 15) is 5.11 Å². The number of aliphatic hydroxyl groups excluding tert-OH is 1. The van der Waals surface area contributed by atoms with Crippen molar-refractivity contribution >= 4 is 23.5 Å². The molecule has 7 nitrogen and oxygen atoms in total. The van der Waals surface area contributed by atoms with Crippen molar-refractivity contribution in [1.29, 1.82) is 0 Å². The van der Waals surface area contributed by atoms with E-state index in [0.29, 0.717) is 11.9 Å². The SMILES string of the molecule is CCCNc1nc(Cl)nc(NCC(O)COC)n1. The van der Waals surface area contributed by atoms with Crippen LogP contribution in [0.1, 0.15) is 13.3 Å². The zero-order chi connectivity index (χ0) is 13.4. The third-order valence-corrected chi connectivity index (χ3v) is 2.17. The van der Waals surface area contributed by atoms with Gasteiger partial charge in [-0.25, -0.2) is 0 Å². The molecule has 0 saturated carbocycles. The Labute approximate surface area is 111 Å². The zero-order valence-electron chi connectivity index (χ0n) is 10.5. The van der Waals surface area contributed by atoms with E-state index in [2.05, 4.69) is 25.6 Å². The van der Waals surface area contributed by atoms with E-state index in [-0.39, 0.29) is 18.4 Å². The number of hydrogen-bond donors (Lipinski definition) is 3. The van der Waals surface area contributed by atoms with E-state index in [0.717, 1.165) is 13.0 Å². The molecule has 0 spiro atoms. The minimum atomic E-state index is -0.627. The van der Waals surface area contributed by atoms with Crippen LogP contribution < -0.4 is 10.6 Å². The fourth-order valence-corrected chi connectivity index (χ4v) is 1.37. The molecule has 1 rings (SSSR count). The number of nitrogens with one attached hydrogen (secondary N) is 2. The van der Waals surface area contributed by atoms with Crippen LogP contribution in [0.2, 0.25) is 5.28 Å². The molecule has 3 N–H and O–H groups in total. The van der Waals surface area contributed by atoms with Gasteiger partial charge in [0.05, 0.1) is 12.7 Å². The maximum absolute atomic E-state index is 9.48. The molecule has 0 radical (unpaired) electrons. The molecule has 1 unspecified atom stereocenters. The quantitative estimate of drug-likeness (QED) is 0.645. The van der Waals surface area contributed by atoms with Gasteiger partial charge in [0.1, 0.15) is 0 Å². The van der Waals surface area contributed by atoms with Crippen LogP contribution in [0.15, 0.2) is 0 Å². The van der Waals surface area contributed by atoms with Gasteiger partial charge in [-0.3, -0.25) is 0 Å². The molecule has 1 aromatic heterocycles. The van der Waals surface area contributed by atoms with Gasteiger partial charge in [0, 0.05) is 20.2 Å². The molecular weight excluding hydrogens is 258 g/mol. The van der Waals surface area contributed by atoms with Crippen LogP contribution in [0.5, 0.6) is 0 Å². The Hall–Kier alpha value is -1.18. The lowest BCUT2D eigenvalue weighted by atomic mass is 10.4. The van der Waals surface area contributed by atoms with Crippen LogP contribution in [-0.2, 0) is 4.74 Å². The van der Waals surface area contributed by atoms with Gasteiger partial charge in [-0.1, -0.05) is 6.92 Å². The number of hydrogen-bond acceptors (Lipinski definition) is 7. The van der Waals surface area contributed by atoms with E-state index < -0.39 is 6.10 Å². The fraction of sp³-hybridized carbons (Fsp3) is 0.700. The second-order valence-electron chi connectivity index (χ2n) is 3.67. The van der Waals surface area contributed by atoms with Gasteiger partial charge in [0.2, 0.25) is 17.2 Å². The molecule has 102 valence electrons. The highest BCUT2D eigenvalue weighted by Crippen LogP contribution is 2.09. The third-order valence-electron chi connectivity index (χ3n) is 2.00. The number of aromatic nitrogens is 3. The first-order valence-electron chi connectivity index (χ1n) is 5.72. The maximum Gasteiger partial charge on any atom is 0.228 e. The second-order valence-corrected chi connectivity index (χ2v) is 4.01. The van der Waals surface area contributed by atoms with Gasteiger partial charge in [-0.2, -0.15) is 15.0 Å². The number of rotatable bonds is 8. The molecule has 1 heterocycles. The normalized spacial score (nSPS) is 12.2. The Kier molecular flexibility index (Phi) is 6.63. The molecule has 18 heavy (non-hydrogen) atoms. The minimum Gasteiger partial charge on any atom is -0.389 e. The standard InChI is InChI=1S/C10H18ClN5O2/c1-3-4-12-9-14-8(11)15-10(16-9)13-5-7(17)6-18-2/h7,17H,3-6H2,1-2H3,(H2,12,13,14,15,16). The predicted molar refractivity (Wildman–Crippen MR) is 70.0 cm³/mol. The number of nitrogens with zero attached hydrogens (tertiary/aromatic N) is 3. The molecule has 0 aliphatic carbocycles. The first-order chi connectivity index (χ1) is 8.65. The van der Waals surface area contributed by atoms with Crippen LogP contribution in [-0.4, -0.2) is 53.0 Å². The number of aliphatic hydroxyl groups is 1. The summed E-state index contributed by atoms with van der Waals surface area (Å²) in [6, 6.07) is 0. The van der Waals surface area contributed by atoms with E-state index in [1.165, 1.54) is 7.11 Å². The van der Waals surface area contributed by atoms with Gasteiger partial charge in [-0.15, -0.1) is 0 Å². The molecule has 1 aromatic rings. The monoisotopic (exact) mass is 275 g/mol. The summed E-state index contributed by atoms with van der Waals surface area (Å²) >= 11 is 5.78. The number of anilines is 2. The average Bonchev–Trinajstić information content (AvgIpc) is 2.34.